The minimum Gasteiger partial charge on any atom is -0.497 e. The average molecular weight is 351 g/mol. The number of hydrogen-bond donors (Lipinski definition) is 1. The van der Waals surface area contributed by atoms with Gasteiger partial charge in [0.05, 0.1) is 14.2 Å². The topological polar surface area (TPSA) is 65.4 Å². The van der Waals surface area contributed by atoms with Gasteiger partial charge in [0.2, 0.25) is 0 Å². The van der Waals surface area contributed by atoms with Crippen molar-refractivity contribution in [2.24, 2.45) is 7.05 Å². The van der Waals surface area contributed by atoms with E-state index in [4.69, 9.17) is 9.47 Å². The molecule has 0 saturated heterocycles. The van der Waals surface area contributed by atoms with Crippen LogP contribution in [-0.2, 0) is 13.6 Å². The van der Waals surface area contributed by atoms with E-state index in [0.29, 0.717) is 23.7 Å². The van der Waals surface area contributed by atoms with Crippen LogP contribution < -0.4 is 14.8 Å². The molecule has 1 N–H and O–H groups in total. The van der Waals surface area contributed by atoms with Gasteiger partial charge in [-0.1, -0.05) is 0 Å². The van der Waals surface area contributed by atoms with Crippen LogP contribution in [0.3, 0.4) is 0 Å². The summed E-state index contributed by atoms with van der Waals surface area (Å²) < 4.78 is 12.4. The first-order valence-corrected chi connectivity index (χ1v) is 8.18. The molecule has 0 radical (unpaired) electrons. The maximum Gasteiger partial charge on any atom is 0.268 e. The van der Waals surface area contributed by atoms with Crippen LogP contribution in [-0.4, -0.2) is 29.7 Å². The van der Waals surface area contributed by atoms with Crippen LogP contribution in [0.4, 0.5) is 0 Å². The lowest BCUT2D eigenvalue weighted by atomic mass is 10.1. The molecular formula is C20H21N3O3. The number of nitrogens with zero attached hydrogens (tertiary/aromatic N) is 2. The van der Waals surface area contributed by atoms with E-state index in [2.05, 4.69) is 10.3 Å². The maximum atomic E-state index is 12.6. The second-order valence-electron chi connectivity index (χ2n) is 5.82. The number of carbonyl (C=O) groups excluding carboxylic acids is 1. The number of hydrogen-bond acceptors (Lipinski definition) is 4. The zero-order valence-corrected chi connectivity index (χ0v) is 15.0. The Morgan fingerprint density at radius 2 is 1.85 bits per heavy atom. The predicted octanol–water partition coefficient (Wildman–Crippen LogP) is 3.03. The van der Waals surface area contributed by atoms with E-state index in [1.807, 2.05) is 54.2 Å². The van der Waals surface area contributed by atoms with Gasteiger partial charge in [-0.3, -0.25) is 9.78 Å². The van der Waals surface area contributed by atoms with Crippen LogP contribution in [0.5, 0.6) is 11.5 Å². The molecule has 0 unspecified atom stereocenters. The lowest BCUT2D eigenvalue weighted by Crippen LogP contribution is -2.25. The Morgan fingerprint density at radius 1 is 1.08 bits per heavy atom. The lowest BCUT2D eigenvalue weighted by molar-refractivity contribution is 0.0942. The summed E-state index contributed by atoms with van der Waals surface area (Å²) in [6, 6.07) is 11.2. The highest BCUT2D eigenvalue weighted by Crippen LogP contribution is 2.24. The summed E-state index contributed by atoms with van der Waals surface area (Å²) in [5.41, 5.74) is 3.42. The van der Waals surface area contributed by atoms with Gasteiger partial charge in [-0.15, -0.1) is 0 Å². The zero-order chi connectivity index (χ0) is 18.5. The van der Waals surface area contributed by atoms with Crippen molar-refractivity contribution in [1.29, 1.82) is 0 Å². The lowest BCUT2D eigenvalue weighted by Gasteiger charge is -2.11. The summed E-state index contributed by atoms with van der Waals surface area (Å²) in [5, 5.41) is 2.94. The molecule has 6 nitrogen and oxygen atoms in total. The van der Waals surface area contributed by atoms with Crippen molar-refractivity contribution in [3.05, 3.63) is 66.2 Å². The van der Waals surface area contributed by atoms with Gasteiger partial charge in [-0.25, -0.2) is 0 Å². The van der Waals surface area contributed by atoms with Crippen molar-refractivity contribution in [1.82, 2.24) is 14.9 Å². The fraction of sp³-hybridized carbons (Fsp3) is 0.200. The quantitative estimate of drug-likeness (QED) is 0.741. The van der Waals surface area contributed by atoms with E-state index in [0.717, 1.165) is 16.7 Å². The van der Waals surface area contributed by atoms with Gasteiger partial charge in [0.25, 0.3) is 5.91 Å². The fourth-order valence-electron chi connectivity index (χ4n) is 2.78. The molecule has 2 heterocycles. The van der Waals surface area contributed by atoms with Crippen LogP contribution >= 0.6 is 0 Å². The highest BCUT2D eigenvalue weighted by Gasteiger charge is 2.14. The van der Waals surface area contributed by atoms with E-state index >= 15 is 0 Å². The zero-order valence-electron chi connectivity index (χ0n) is 15.0. The van der Waals surface area contributed by atoms with Crippen molar-refractivity contribution >= 4 is 5.91 Å². The third-order valence-corrected chi connectivity index (χ3v) is 4.18. The second-order valence-corrected chi connectivity index (χ2v) is 5.82. The van der Waals surface area contributed by atoms with Crippen molar-refractivity contribution in [2.75, 3.05) is 14.2 Å². The van der Waals surface area contributed by atoms with E-state index in [-0.39, 0.29) is 5.91 Å². The number of carbonyl (C=O) groups is 1. The summed E-state index contributed by atoms with van der Waals surface area (Å²) in [7, 11) is 5.06. The number of amides is 1. The molecule has 0 atom stereocenters. The number of methoxy groups -OCH3 is 2. The number of rotatable bonds is 6. The summed E-state index contributed by atoms with van der Waals surface area (Å²) in [6.07, 6.45) is 5.39. The van der Waals surface area contributed by atoms with Gasteiger partial charge in [-0.2, -0.15) is 0 Å². The number of benzene rings is 1. The van der Waals surface area contributed by atoms with E-state index in [1.54, 1.807) is 26.6 Å². The maximum absolute atomic E-state index is 12.6. The number of aryl methyl sites for hydroxylation is 1. The Balaban J connectivity index is 1.76. The molecule has 26 heavy (non-hydrogen) atoms. The van der Waals surface area contributed by atoms with E-state index in [9.17, 15) is 4.79 Å². The first kappa shape index (κ1) is 17.5. The van der Waals surface area contributed by atoms with Gasteiger partial charge in [0.1, 0.15) is 17.2 Å². The van der Waals surface area contributed by atoms with Gasteiger partial charge in [0.15, 0.2) is 0 Å². The molecule has 3 aromatic rings. The average Bonchev–Trinajstić information content (AvgIpc) is 3.08. The number of ether oxygens (including phenoxy) is 2. The molecule has 0 aliphatic carbocycles. The Morgan fingerprint density at radius 3 is 2.54 bits per heavy atom. The summed E-state index contributed by atoms with van der Waals surface area (Å²) in [6.45, 7) is 0.342. The van der Waals surface area contributed by atoms with Crippen LogP contribution in [0.25, 0.3) is 11.1 Å². The highest BCUT2D eigenvalue weighted by atomic mass is 16.5. The molecule has 6 heteroatoms. The molecule has 134 valence electrons. The van der Waals surface area contributed by atoms with Crippen molar-refractivity contribution < 1.29 is 14.3 Å². The monoisotopic (exact) mass is 351 g/mol. The summed E-state index contributed by atoms with van der Waals surface area (Å²) in [4.78, 5) is 16.6. The molecule has 0 aliphatic heterocycles. The summed E-state index contributed by atoms with van der Waals surface area (Å²) in [5.74, 6) is 1.27. The first-order chi connectivity index (χ1) is 12.6. The van der Waals surface area contributed by atoms with Gasteiger partial charge in [-0.05, 0) is 42.0 Å². The van der Waals surface area contributed by atoms with Gasteiger partial charge in [0, 0.05) is 43.3 Å². The van der Waals surface area contributed by atoms with E-state index < -0.39 is 0 Å². The number of aromatic nitrogens is 2. The van der Waals surface area contributed by atoms with Crippen molar-refractivity contribution in [2.45, 2.75) is 6.54 Å². The largest absolute Gasteiger partial charge is 0.497 e. The van der Waals surface area contributed by atoms with Gasteiger partial charge < -0.3 is 19.4 Å². The Kier molecular flexibility index (Phi) is 5.22. The molecule has 0 spiro atoms. The van der Waals surface area contributed by atoms with Crippen molar-refractivity contribution in [3.63, 3.8) is 0 Å². The van der Waals surface area contributed by atoms with Crippen LogP contribution in [0, 0.1) is 0 Å². The molecular weight excluding hydrogens is 330 g/mol. The molecule has 0 aliphatic rings. The Labute approximate surface area is 152 Å². The predicted molar refractivity (Wildman–Crippen MR) is 99.4 cm³/mol. The van der Waals surface area contributed by atoms with E-state index in [1.165, 1.54) is 0 Å². The smallest absolute Gasteiger partial charge is 0.268 e. The third-order valence-electron chi connectivity index (χ3n) is 4.18. The molecule has 1 aromatic carbocycles. The number of nitrogens with one attached hydrogen (secondary N) is 1. The second kappa shape index (κ2) is 7.74. The van der Waals surface area contributed by atoms with Crippen LogP contribution in [0.15, 0.2) is 55.0 Å². The first-order valence-electron chi connectivity index (χ1n) is 8.18. The molecule has 1 amide bonds. The number of pyridine rings is 1. The minimum atomic E-state index is -0.155. The normalized spacial score (nSPS) is 10.4. The molecule has 0 fully saturated rings. The SMILES string of the molecule is COc1ccc(OC)c(CNC(=O)c2cc(-c3ccncc3)cn2C)c1. The van der Waals surface area contributed by atoms with Crippen LogP contribution in [0.2, 0.25) is 0 Å². The Bertz CT molecular complexity index is 904. The standard InChI is InChI=1S/C20H21N3O3/c1-23-13-16(14-6-8-21-9-7-14)11-18(23)20(24)22-12-15-10-17(25-2)4-5-19(15)26-3/h4-11,13H,12H2,1-3H3,(H,22,24). The highest BCUT2D eigenvalue weighted by molar-refractivity contribution is 5.94. The Hall–Kier alpha value is -3.28. The molecule has 0 bridgehead atoms. The summed E-state index contributed by atoms with van der Waals surface area (Å²) >= 11 is 0. The molecule has 2 aromatic heterocycles. The van der Waals surface area contributed by atoms with Crippen LogP contribution in [0.1, 0.15) is 16.1 Å². The van der Waals surface area contributed by atoms with Gasteiger partial charge >= 0.3 is 0 Å². The third kappa shape index (κ3) is 3.69. The van der Waals surface area contributed by atoms with Crippen molar-refractivity contribution in [3.8, 4) is 22.6 Å². The fourth-order valence-corrected chi connectivity index (χ4v) is 2.78. The molecule has 3 rings (SSSR count). The molecule has 0 saturated carbocycles. The minimum absolute atomic E-state index is 0.155.